The van der Waals surface area contributed by atoms with Crippen molar-refractivity contribution in [3.05, 3.63) is 0 Å². The lowest BCUT2D eigenvalue weighted by atomic mass is 10.3. The predicted molar refractivity (Wildman–Crippen MR) is 32.7 cm³/mol. The van der Waals surface area contributed by atoms with Gasteiger partial charge in [0.1, 0.15) is 0 Å². The lowest BCUT2D eigenvalue weighted by Crippen LogP contribution is -2.20. The van der Waals surface area contributed by atoms with E-state index in [4.69, 9.17) is 5.11 Å². The molecule has 0 saturated heterocycles. The van der Waals surface area contributed by atoms with Crippen LogP contribution in [0, 0.1) is 11.8 Å². The van der Waals surface area contributed by atoms with Crippen LogP contribution in [-0.2, 0) is 4.79 Å². The van der Waals surface area contributed by atoms with Crippen LogP contribution >= 0.6 is 0 Å². The second-order valence-electron chi connectivity index (χ2n) is 2.40. The van der Waals surface area contributed by atoms with Crippen LogP contribution in [0.4, 0.5) is 0 Å². The molecule has 0 bridgehead atoms. The van der Waals surface area contributed by atoms with Crippen molar-refractivity contribution in [3.63, 3.8) is 0 Å². The van der Waals surface area contributed by atoms with Gasteiger partial charge in [0, 0.05) is 19.6 Å². The first-order valence-corrected chi connectivity index (χ1v) is 3.12. The summed E-state index contributed by atoms with van der Waals surface area (Å²) < 4.78 is 0. The number of hydrogen-bond acceptors (Lipinski definition) is 2. The van der Waals surface area contributed by atoms with Gasteiger partial charge in [0.15, 0.2) is 0 Å². The SMILES string of the molecule is CNC(=O)[C@H]1C[C@H]1CO. The Balaban J connectivity index is 2.25. The van der Waals surface area contributed by atoms with Crippen molar-refractivity contribution in [3.8, 4) is 0 Å². The molecule has 0 unspecified atom stereocenters. The van der Waals surface area contributed by atoms with Gasteiger partial charge in [-0.25, -0.2) is 0 Å². The number of amides is 1. The molecule has 9 heavy (non-hydrogen) atoms. The van der Waals surface area contributed by atoms with E-state index in [0.29, 0.717) is 0 Å². The molecule has 0 radical (unpaired) electrons. The second-order valence-corrected chi connectivity index (χ2v) is 2.40. The van der Waals surface area contributed by atoms with Crippen molar-refractivity contribution in [2.24, 2.45) is 11.8 Å². The summed E-state index contributed by atoms with van der Waals surface area (Å²) in [5.74, 6) is 0.402. The standard InChI is InChI=1S/C6H11NO2/c1-7-6(9)5-2-4(5)3-8/h4-5,8H,2-3H2,1H3,(H,7,9)/t4-,5-/m0/s1. The van der Waals surface area contributed by atoms with Gasteiger partial charge in [-0.15, -0.1) is 0 Å². The van der Waals surface area contributed by atoms with Gasteiger partial charge >= 0.3 is 0 Å². The Labute approximate surface area is 54.1 Å². The van der Waals surface area contributed by atoms with Gasteiger partial charge in [-0.05, 0) is 12.3 Å². The molecule has 1 amide bonds. The lowest BCUT2D eigenvalue weighted by molar-refractivity contribution is -0.122. The van der Waals surface area contributed by atoms with Gasteiger partial charge in [-0.1, -0.05) is 0 Å². The third kappa shape index (κ3) is 1.21. The zero-order valence-electron chi connectivity index (χ0n) is 5.42. The zero-order chi connectivity index (χ0) is 6.85. The Hall–Kier alpha value is -0.570. The van der Waals surface area contributed by atoms with E-state index in [1.165, 1.54) is 0 Å². The molecule has 0 heterocycles. The Bertz CT molecular complexity index is 124. The zero-order valence-corrected chi connectivity index (χ0v) is 5.42. The molecule has 1 saturated carbocycles. The normalized spacial score (nSPS) is 31.8. The van der Waals surface area contributed by atoms with E-state index in [1.807, 2.05) is 0 Å². The minimum Gasteiger partial charge on any atom is -0.396 e. The number of carbonyl (C=O) groups excluding carboxylic acids is 1. The maximum absolute atomic E-state index is 10.7. The van der Waals surface area contributed by atoms with Gasteiger partial charge in [0.2, 0.25) is 5.91 Å². The summed E-state index contributed by atoms with van der Waals surface area (Å²) in [6, 6.07) is 0. The topological polar surface area (TPSA) is 49.3 Å². The molecule has 52 valence electrons. The molecular weight excluding hydrogens is 118 g/mol. The summed E-state index contributed by atoms with van der Waals surface area (Å²) in [5.41, 5.74) is 0. The summed E-state index contributed by atoms with van der Waals surface area (Å²) in [6.07, 6.45) is 0.857. The van der Waals surface area contributed by atoms with Crippen LogP contribution in [0.5, 0.6) is 0 Å². The van der Waals surface area contributed by atoms with Crippen molar-refractivity contribution in [1.29, 1.82) is 0 Å². The van der Waals surface area contributed by atoms with Crippen LogP contribution in [0.2, 0.25) is 0 Å². The quantitative estimate of drug-likeness (QED) is 0.521. The molecule has 2 atom stereocenters. The van der Waals surface area contributed by atoms with Gasteiger partial charge in [0.25, 0.3) is 0 Å². The third-order valence-corrected chi connectivity index (χ3v) is 1.74. The first-order valence-electron chi connectivity index (χ1n) is 3.12. The molecule has 0 aliphatic heterocycles. The fourth-order valence-electron chi connectivity index (χ4n) is 0.956. The van der Waals surface area contributed by atoms with Gasteiger partial charge in [0.05, 0.1) is 0 Å². The largest absolute Gasteiger partial charge is 0.396 e. The van der Waals surface area contributed by atoms with E-state index in [9.17, 15) is 4.79 Å². The molecule has 0 spiro atoms. The predicted octanol–water partition coefficient (Wildman–Crippen LogP) is -0.639. The Kier molecular flexibility index (Phi) is 1.71. The Morgan fingerprint density at radius 3 is 2.89 bits per heavy atom. The van der Waals surface area contributed by atoms with E-state index >= 15 is 0 Å². The minimum absolute atomic E-state index is 0.0639. The van der Waals surface area contributed by atoms with Crippen molar-refractivity contribution in [2.45, 2.75) is 6.42 Å². The van der Waals surface area contributed by atoms with Crippen LogP contribution in [0.1, 0.15) is 6.42 Å². The number of hydrogen-bond donors (Lipinski definition) is 2. The Morgan fingerprint density at radius 2 is 2.56 bits per heavy atom. The summed E-state index contributed by atoms with van der Waals surface area (Å²) in [7, 11) is 1.62. The molecule has 0 aromatic carbocycles. The summed E-state index contributed by atoms with van der Waals surface area (Å²) in [5, 5.41) is 11.1. The van der Waals surface area contributed by atoms with Crippen molar-refractivity contribution < 1.29 is 9.90 Å². The van der Waals surface area contributed by atoms with Crippen molar-refractivity contribution in [2.75, 3.05) is 13.7 Å². The third-order valence-electron chi connectivity index (χ3n) is 1.74. The second kappa shape index (κ2) is 2.35. The smallest absolute Gasteiger partial charge is 0.223 e. The molecule has 1 aliphatic carbocycles. The average molecular weight is 129 g/mol. The van der Waals surface area contributed by atoms with Crippen LogP contribution in [-0.4, -0.2) is 24.7 Å². The average Bonchev–Trinajstić information content (AvgIpc) is 2.64. The highest BCUT2D eigenvalue weighted by molar-refractivity contribution is 5.81. The molecule has 1 fully saturated rings. The lowest BCUT2D eigenvalue weighted by Gasteiger charge is -1.93. The number of carbonyl (C=O) groups is 1. The van der Waals surface area contributed by atoms with E-state index in [-0.39, 0.29) is 24.3 Å². The van der Waals surface area contributed by atoms with Gasteiger partial charge < -0.3 is 10.4 Å². The maximum atomic E-state index is 10.7. The molecule has 0 aromatic heterocycles. The molecular formula is C6H11NO2. The fraction of sp³-hybridized carbons (Fsp3) is 0.833. The van der Waals surface area contributed by atoms with Crippen LogP contribution in [0.25, 0.3) is 0 Å². The summed E-state index contributed by atoms with van der Waals surface area (Å²) in [4.78, 5) is 10.7. The minimum atomic E-state index is 0.0639. The number of aliphatic hydroxyl groups is 1. The highest BCUT2D eigenvalue weighted by atomic mass is 16.3. The molecule has 1 rings (SSSR count). The number of rotatable bonds is 2. The van der Waals surface area contributed by atoms with Crippen molar-refractivity contribution in [1.82, 2.24) is 5.32 Å². The summed E-state index contributed by atoms with van der Waals surface area (Å²) in [6.45, 7) is 0.151. The van der Waals surface area contributed by atoms with Crippen LogP contribution in [0.15, 0.2) is 0 Å². The van der Waals surface area contributed by atoms with E-state index in [1.54, 1.807) is 7.05 Å². The monoisotopic (exact) mass is 129 g/mol. The van der Waals surface area contributed by atoms with Crippen molar-refractivity contribution >= 4 is 5.91 Å². The molecule has 0 aromatic rings. The highest BCUT2D eigenvalue weighted by Gasteiger charge is 2.41. The maximum Gasteiger partial charge on any atom is 0.223 e. The van der Waals surface area contributed by atoms with E-state index < -0.39 is 0 Å². The molecule has 1 aliphatic rings. The number of aliphatic hydroxyl groups excluding tert-OH is 1. The molecule has 3 nitrogen and oxygen atoms in total. The summed E-state index contributed by atoms with van der Waals surface area (Å²) >= 11 is 0. The highest BCUT2D eigenvalue weighted by Crippen LogP contribution is 2.37. The van der Waals surface area contributed by atoms with Gasteiger partial charge in [-0.3, -0.25) is 4.79 Å². The molecule has 3 heteroatoms. The van der Waals surface area contributed by atoms with E-state index in [0.717, 1.165) is 6.42 Å². The van der Waals surface area contributed by atoms with Gasteiger partial charge in [-0.2, -0.15) is 0 Å². The fourth-order valence-corrected chi connectivity index (χ4v) is 0.956. The van der Waals surface area contributed by atoms with E-state index in [2.05, 4.69) is 5.32 Å². The number of nitrogens with one attached hydrogen (secondary N) is 1. The van der Waals surface area contributed by atoms with Crippen LogP contribution < -0.4 is 5.32 Å². The first-order chi connectivity index (χ1) is 4.29. The molecule has 2 N–H and O–H groups in total. The Morgan fingerprint density at radius 1 is 1.89 bits per heavy atom. The first kappa shape index (κ1) is 6.55. The van der Waals surface area contributed by atoms with Crippen LogP contribution in [0.3, 0.4) is 0 Å².